The first kappa shape index (κ1) is 19.3. The van der Waals surface area contributed by atoms with Gasteiger partial charge in [0.25, 0.3) is 5.91 Å². The highest BCUT2D eigenvalue weighted by atomic mass is 32.1. The van der Waals surface area contributed by atoms with Crippen LogP contribution >= 0.6 is 11.3 Å². The minimum Gasteiger partial charge on any atom is -0.462 e. The number of benzene rings is 1. The van der Waals surface area contributed by atoms with Gasteiger partial charge in [-0.15, -0.1) is 11.3 Å². The summed E-state index contributed by atoms with van der Waals surface area (Å²) in [4.78, 5) is 25.5. The number of hydrogen-bond donors (Lipinski definition) is 2. The Kier molecular flexibility index (Phi) is 5.15. The van der Waals surface area contributed by atoms with Crippen molar-refractivity contribution >= 4 is 28.2 Å². The Morgan fingerprint density at radius 2 is 1.93 bits per heavy atom. The van der Waals surface area contributed by atoms with Gasteiger partial charge in [-0.3, -0.25) is 4.79 Å². The Morgan fingerprint density at radius 1 is 1.17 bits per heavy atom. The van der Waals surface area contributed by atoms with Crippen molar-refractivity contribution in [1.82, 2.24) is 5.32 Å². The summed E-state index contributed by atoms with van der Waals surface area (Å²) in [5.41, 5.74) is 2.01. The lowest BCUT2D eigenvalue weighted by atomic mass is 10.1. The van der Waals surface area contributed by atoms with Crippen molar-refractivity contribution in [2.75, 3.05) is 11.9 Å². The lowest BCUT2D eigenvalue weighted by Gasteiger charge is -2.23. The summed E-state index contributed by atoms with van der Waals surface area (Å²) in [6.07, 6.45) is -0.429. The number of anilines is 1. The van der Waals surface area contributed by atoms with Crippen LogP contribution < -0.4 is 10.6 Å². The van der Waals surface area contributed by atoms with Crippen molar-refractivity contribution in [3.05, 3.63) is 64.2 Å². The van der Waals surface area contributed by atoms with E-state index in [1.165, 1.54) is 4.88 Å². The summed E-state index contributed by atoms with van der Waals surface area (Å²) in [5.74, 6) is 1.19. The maximum Gasteiger partial charge on any atom is 0.338 e. The molecule has 2 N–H and O–H groups in total. The quantitative estimate of drug-likeness (QED) is 0.568. The molecule has 7 heteroatoms. The number of esters is 1. The molecule has 1 aromatic carbocycles. The number of carbonyl (C=O) groups is 2. The zero-order valence-electron chi connectivity index (χ0n) is 16.4. The van der Waals surface area contributed by atoms with Crippen LogP contribution in [0.1, 0.15) is 64.2 Å². The predicted molar refractivity (Wildman–Crippen MR) is 112 cm³/mol. The molecule has 150 valence electrons. The first-order chi connectivity index (χ1) is 14.0. The van der Waals surface area contributed by atoms with Gasteiger partial charge in [0.1, 0.15) is 16.5 Å². The molecular formula is C22H22N2O4S. The van der Waals surface area contributed by atoms with Crippen LogP contribution in [-0.2, 0) is 4.74 Å². The molecule has 2 aromatic heterocycles. The highest BCUT2D eigenvalue weighted by molar-refractivity contribution is 7.16. The summed E-state index contributed by atoms with van der Waals surface area (Å²) in [6, 6.07) is 12.7. The van der Waals surface area contributed by atoms with Gasteiger partial charge in [-0.2, -0.15) is 0 Å². The maximum atomic E-state index is 12.5. The summed E-state index contributed by atoms with van der Waals surface area (Å²) >= 11 is 1.60. The van der Waals surface area contributed by atoms with Crippen LogP contribution in [0, 0.1) is 0 Å². The van der Waals surface area contributed by atoms with Crippen molar-refractivity contribution in [3.8, 4) is 11.3 Å². The van der Waals surface area contributed by atoms with Crippen molar-refractivity contribution in [2.24, 2.45) is 0 Å². The Morgan fingerprint density at radius 3 is 2.62 bits per heavy atom. The number of nitrogens with one attached hydrogen (secondary N) is 2. The second kappa shape index (κ2) is 7.75. The average molecular weight is 410 g/mol. The van der Waals surface area contributed by atoms with Crippen molar-refractivity contribution in [3.63, 3.8) is 0 Å². The molecule has 1 aliphatic rings. The Hall–Kier alpha value is -3.06. The van der Waals surface area contributed by atoms with E-state index in [0.29, 0.717) is 35.2 Å². The van der Waals surface area contributed by atoms with Crippen LogP contribution in [0.2, 0.25) is 0 Å². The van der Waals surface area contributed by atoms with Crippen molar-refractivity contribution in [2.45, 2.75) is 32.9 Å². The fourth-order valence-corrected chi connectivity index (χ4v) is 4.22. The third kappa shape index (κ3) is 3.78. The number of furan rings is 1. The molecule has 29 heavy (non-hydrogen) atoms. The monoisotopic (exact) mass is 410 g/mol. The van der Waals surface area contributed by atoms with Gasteiger partial charge < -0.3 is 19.8 Å². The molecule has 0 spiro atoms. The van der Waals surface area contributed by atoms with E-state index in [2.05, 4.69) is 24.5 Å². The summed E-state index contributed by atoms with van der Waals surface area (Å²) in [5, 5.41) is 7.16. The minimum absolute atomic E-state index is 0.108. The number of thiophene rings is 1. The van der Waals surface area contributed by atoms with Gasteiger partial charge in [0, 0.05) is 10.4 Å². The molecular weight excluding hydrogens is 388 g/mol. The largest absolute Gasteiger partial charge is 0.462 e. The van der Waals surface area contributed by atoms with Gasteiger partial charge in [-0.1, -0.05) is 26.0 Å². The van der Waals surface area contributed by atoms with Gasteiger partial charge in [0.05, 0.1) is 17.7 Å². The first-order valence-electron chi connectivity index (χ1n) is 9.54. The second-order valence-corrected chi connectivity index (χ2v) is 8.18. The molecule has 0 fully saturated rings. The first-order valence-corrected chi connectivity index (χ1v) is 10.4. The molecule has 3 aromatic rings. The van der Waals surface area contributed by atoms with E-state index in [1.54, 1.807) is 30.4 Å². The Labute approximate surface area is 172 Å². The third-order valence-electron chi connectivity index (χ3n) is 4.71. The van der Waals surface area contributed by atoms with Crippen LogP contribution in [0.25, 0.3) is 11.3 Å². The van der Waals surface area contributed by atoms with Crippen LogP contribution in [0.5, 0.6) is 0 Å². The minimum atomic E-state index is -0.429. The standard InChI is InChI=1S/C22H22N2O4S/c1-4-27-22(26)14-7-5-13(6-8-14)16-9-10-17(28-16)19-23-20(25)15-11-18(12(2)3)29-21(15)24-19/h5-12,19,24H,4H2,1-3H3,(H,23,25). The topological polar surface area (TPSA) is 80.6 Å². The molecule has 1 unspecified atom stereocenters. The molecule has 0 aliphatic carbocycles. The van der Waals surface area contributed by atoms with Gasteiger partial charge >= 0.3 is 5.97 Å². The lowest BCUT2D eigenvalue weighted by molar-refractivity contribution is 0.0526. The Balaban J connectivity index is 1.53. The van der Waals surface area contributed by atoms with E-state index in [-0.39, 0.29) is 11.9 Å². The van der Waals surface area contributed by atoms with E-state index >= 15 is 0 Å². The highest BCUT2D eigenvalue weighted by Gasteiger charge is 2.29. The molecule has 0 bridgehead atoms. The van der Waals surface area contributed by atoms with Gasteiger partial charge in [-0.25, -0.2) is 4.79 Å². The maximum absolute atomic E-state index is 12.5. The fraction of sp³-hybridized carbons (Fsp3) is 0.273. The number of amides is 1. The Bertz CT molecular complexity index is 1050. The second-order valence-electron chi connectivity index (χ2n) is 7.10. The van der Waals surface area contributed by atoms with Crippen molar-refractivity contribution in [1.29, 1.82) is 0 Å². The van der Waals surface area contributed by atoms with E-state index in [9.17, 15) is 9.59 Å². The molecule has 1 atom stereocenters. The zero-order chi connectivity index (χ0) is 20.5. The third-order valence-corrected chi connectivity index (χ3v) is 6.07. The van der Waals surface area contributed by atoms with Crippen LogP contribution in [0.15, 0.2) is 46.9 Å². The highest BCUT2D eigenvalue weighted by Crippen LogP contribution is 2.38. The average Bonchev–Trinajstić information content (AvgIpc) is 3.36. The number of rotatable bonds is 5. The van der Waals surface area contributed by atoms with Gasteiger partial charge in [-0.05, 0) is 43.2 Å². The van der Waals surface area contributed by atoms with Gasteiger partial charge in [0.15, 0.2) is 6.17 Å². The molecule has 6 nitrogen and oxygen atoms in total. The van der Waals surface area contributed by atoms with E-state index in [1.807, 2.05) is 30.3 Å². The van der Waals surface area contributed by atoms with E-state index in [4.69, 9.17) is 9.15 Å². The molecule has 4 rings (SSSR count). The van der Waals surface area contributed by atoms with Crippen molar-refractivity contribution < 1.29 is 18.7 Å². The number of fused-ring (bicyclic) bond motifs is 1. The molecule has 0 saturated heterocycles. The molecule has 0 saturated carbocycles. The number of carbonyl (C=O) groups excluding carboxylic acids is 2. The lowest BCUT2D eigenvalue weighted by Crippen LogP contribution is -2.37. The molecule has 0 radical (unpaired) electrons. The van der Waals surface area contributed by atoms with Crippen LogP contribution in [0.4, 0.5) is 5.00 Å². The molecule has 3 heterocycles. The summed E-state index contributed by atoms with van der Waals surface area (Å²) in [7, 11) is 0. The normalized spacial score (nSPS) is 15.6. The fourth-order valence-electron chi connectivity index (χ4n) is 3.14. The van der Waals surface area contributed by atoms with E-state index < -0.39 is 6.17 Å². The smallest absolute Gasteiger partial charge is 0.338 e. The number of ether oxygens (including phenoxy) is 1. The summed E-state index contributed by atoms with van der Waals surface area (Å²) in [6.45, 7) is 6.34. The number of hydrogen-bond acceptors (Lipinski definition) is 6. The molecule has 1 amide bonds. The van der Waals surface area contributed by atoms with Crippen LogP contribution in [0.3, 0.4) is 0 Å². The zero-order valence-corrected chi connectivity index (χ0v) is 17.3. The van der Waals surface area contributed by atoms with Crippen LogP contribution in [-0.4, -0.2) is 18.5 Å². The predicted octanol–water partition coefficient (Wildman–Crippen LogP) is 5.16. The van der Waals surface area contributed by atoms with Gasteiger partial charge in [0.2, 0.25) is 0 Å². The SMILES string of the molecule is CCOC(=O)c1ccc(-c2ccc(C3NC(=O)c4cc(C(C)C)sc4N3)o2)cc1. The molecule has 1 aliphatic heterocycles. The van der Waals surface area contributed by atoms with E-state index in [0.717, 1.165) is 10.6 Å². The summed E-state index contributed by atoms with van der Waals surface area (Å²) < 4.78 is 11.0.